The highest BCUT2D eigenvalue weighted by molar-refractivity contribution is 7.13. The number of carbonyl (C=O) groups excluding carboxylic acids is 1. The van der Waals surface area contributed by atoms with Gasteiger partial charge in [-0.25, -0.2) is 0 Å². The molecule has 3 nitrogen and oxygen atoms in total. The summed E-state index contributed by atoms with van der Waals surface area (Å²) >= 11 is 1.59. The number of benzene rings is 1. The molecule has 0 radical (unpaired) electrons. The molecule has 1 atom stereocenters. The lowest BCUT2D eigenvalue weighted by molar-refractivity contribution is 0.0474. The number of aliphatic hydroxyl groups is 1. The summed E-state index contributed by atoms with van der Waals surface area (Å²) in [6.07, 6.45) is 1.30. The van der Waals surface area contributed by atoms with Crippen LogP contribution in [-0.2, 0) is 0 Å². The van der Waals surface area contributed by atoms with Crippen molar-refractivity contribution in [2.45, 2.75) is 18.9 Å². The van der Waals surface area contributed by atoms with Gasteiger partial charge >= 0.3 is 0 Å². The lowest BCUT2D eigenvalue weighted by atomic mass is 10.1. The summed E-state index contributed by atoms with van der Waals surface area (Å²) in [6.45, 7) is 1.20. The summed E-state index contributed by atoms with van der Waals surface area (Å²) in [5, 5.41) is 11.6. The third-order valence-corrected chi connectivity index (χ3v) is 4.57. The third kappa shape index (κ3) is 2.76. The van der Waals surface area contributed by atoms with Gasteiger partial charge < -0.3 is 10.0 Å². The van der Waals surface area contributed by atoms with E-state index in [4.69, 9.17) is 0 Å². The monoisotopic (exact) mass is 287 g/mol. The van der Waals surface area contributed by atoms with Crippen molar-refractivity contribution in [3.63, 3.8) is 0 Å². The fraction of sp³-hybridized carbons (Fsp3) is 0.312. The molecule has 20 heavy (non-hydrogen) atoms. The van der Waals surface area contributed by atoms with Gasteiger partial charge in [0.25, 0.3) is 5.91 Å². The second-order valence-electron chi connectivity index (χ2n) is 5.11. The molecule has 2 heterocycles. The van der Waals surface area contributed by atoms with Gasteiger partial charge in [0.1, 0.15) is 0 Å². The Morgan fingerprint density at radius 3 is 2.85 bits per heavy atom. The number of rotatable bonds is 2. The van der Waals surface area contributed by atoms with E-state index in [1.54, 1.807) is 16.2 Å². The van der Waals surface area contributed by atoms with E-state index >= 15 is 0 Å². The smallest absolute Gasteiger partial charge is 0.254 e. The number of likely N-dealkylation sites (tertiary alicyclic amines) is 1. The van der Waals surface area contributed by atoms with Gasteiger partial charge in [-0.1, -0.05) is 30.3 Å². The molecule has 1 aromatic heterocycles. The van der Waals surface area contributed by atoms with E-state index in [9.17, 15) is 9.90 Å². The zero-order chi connectivity index (χ0) is 13.9. The molecule has 1 amide bonds. The van der Waals surface area contributed by atoms with Crippen LogP contribution in [0.1, 0.15) is 23.2 Å². The summed E-state index contributed by atoms with van der Waals surface area (Å²) in [6, 6.07) is 12.0. The van der Waals surface area contributed by atoms with Crippen LogP contribution in [0.5, 0.6) is 0 Å². The van der Waals surface area contributed by atoms with Crippen molar-refractivity contribution in [3.8, 4) is 10.4 Å². The van der Waals surface area contributed by atoms with E-state index in [2.05, 4.69) is 0 Å². The van der Waals surface area contributed by atoms with E-state index in [0.29, 0.717) is 6.54 Å². The summed E-state index contributed by atoms with van der Waals surface area (Å²) in [7, 11) is 0. The molecule has 3 rings (SSSR count). The second-order valence-corrected chi connectivity index (χ2v) is 6.02. The Morgan fingerprint density at radius 2 is 2.10 bits per heavy atom. The van der Waals surface area contributed by atoms with Crippen LogP contribution < -0.4 is 0 Å². The summed E-state index contributed by atoms with van der Waals surface area (Å²) < 4.78 is 0. The maximum Gasteiger partial charge on any atom is 0.254 e. The van der Waals surface area contributed by atoms with Crippen LogP contribution >= 0.6 is 11.3 Å². The Labute approximate surface area is 122 Å². The molecule has 0 saturated carbocycles. The first-order chi connectivity index (χ1) is 9.74. The molecule has 1 aromatic carbocycles. The minimum Gasteiger partial charge on any atom is -0.391 e. The number of aliphatic hydroxyl groups excluding tert-OH is 1. The van der Waals surface area contributed by atoms with E-state index in [1.807, 2.05) is 41.8 Å². The molecule has 0 unspecified atom stereocenters. The van der Waals surface area contributed by atoms with Gasteiger partial charge in [-0.05, 0) is 24.5 Å². The number of piperidine rings is 1. The molecular weight excluding hydrogens is 270 g/mol. The molecular formula is C16H17NO2S. The number of nitrogens with zero attached hydrogens (tertiary/aromatic N) is 1. The van der Waals surface area contributed by atoms with Gasteiger partial charge in [-0.15, -0.1) is 11.3 Å². The molecule has 1 aliphatic rings. The van der Waals surface area contributed by atoms with Crippen LogP contribution in [0, 0.1) is 0 Å². The van der Waals surface area contributed by atoms with Crippen LogP contribution in [-0.4, -0.2) is 35.1 Å². The van der Waals surface area contributed by atoms with Crippen molar-refractivity contribution in [2.75, 3.05) is 13.1 Å². The van der Waals surface area contributed by atoms with Crippen molar-refractivity contribution in [1.82, 2.24) is 4.90 Å². The van der Waals surface area contributed by atoms with Gasteiger partial charge in [0.05, 0.1) is 11.7 Å². The van der Waals surface area contributed by atoms with Crippen LogP contribution in [0.3, 0.4) is 0 Å². The average molecular weight is 287 g/mol. The highest BCUT2D eigenvalue weighted by atomic mass is 32.1. The maximum atomic E-state index is 12.4. The number of hydrogen-bond acceptors (Lipinski definition) is 3. The normalized spacial score (nSPS) is 19.1. The van der Waals surface area contributed by atoms with Gasteiger partial charge in [0.15, 0.2) is 0 Å². The Balaban J connectivity index is 1.78. The number of amides is 1. The highest BCUT2D eigenvalue weighted by Crippen LogP contribution is 2.28. The van der Waals surface area contributed by atoms with Crippen molar-refractivity contribution < 1.29 is 9.90 Å². The van der Waals surface area contributed by atoms with Crippen molar-refractivity contribution in [1.29, 1.82) is 0 Å². The zero-order valence-electron chi connectivity index (χ0n) is 11.2. The largest absolute Gasteiger partial charge is 0.391 e. The molecule has 0 aliphatic carbocycles. The van der Waals surface area contributed by atoms with E-state index in [0.717, 1.165) is 35.4 Å². The molecule has 2 aromatic rings. The highest BCUT2D eigenvalue weighted by Gasteiger charge is 2.23. The molecule has 104 valence electrons. The van der Waals surface area contributed by atoms with Crippen molar-refractivity contribution in [2.24, 2.45) is 0 Å². The first-order valence-electron chi connectivity index (χ1n) is 6.85. The summed E-state index contributed by atoms with van der Waals surface area (Å²) in [5.74, 6) is 0.0298. The van der Waals surface area contributed by atoms with Gasteiger partial charge in [-0.2, -0.15) is 0 Å². The minimum absolute atomic E-state index is 0.0298. The molecule has 1 aliphatic heterocycles. The van der Waals surface area contributed by atoms with Crippen LogP contribution in [0.4, 0.5) is 0 Å². The topological polar surface area (TPSA) is 40.5 Å². The number of carbonyl (C=O) groups is 1. The fourth-order valence-corrected chi connectivity index (χ4v) is 3.41. The number of β-amino-alcohol motifs (C(OH)–C–C–N with tert-alkyl or cyclic N) is 1. The Morgan fingerprint density at radius 1 is 1.30 bits per heavy atom. The van der Waals surface area contributed by atoms with Crippen molar-refractivity contribution >= 4 is 17.2 Å². The van der Waals surface area contributed by atoms with Gasteiger partial charge in [0, 0.05) is 23.3 Å². The first kappa shape index (κ1) is 13.3. The van der Waals surface area contributed by atoms with Gasteiger partial charge in [0.2, 0.25) is 0 Å². The summed E-state index contributed by atoms with van der Waals surface area (Å²) in [5.41, 5.74) is 1.86. The Hall–Kier alpha value is -1.65. The number of hydrogen-bond donors (Lipinski definition) is 1. The van der Waals surface area contributed by atoms with Crippen molar-refractivity contribution in [3.05, 3.63) is 47.3 Å². The van der Waals surface area contributed by atoms with Gasteiger partial charge in [-0.3, -0.25) is 4.79 Å². The van der Waals surface area contributed by atoms with E-state index in [1.165, 1.54) is 0 Å². The molecule has 1 saturated heterocycles. The third-order valence-electron chi connectivity index (χ3n) is 3.59. The Bertz CT molecular complexity index is 594. The maximum absolute atomic E-state index is 12.4. The first-order valence-corrected chi connectivity index (χ1v) is 7.73. The standard InChI is InChI=1S/C16H17NO2S/c18-14-7-4-8-17(10-14)16(19)13-9-15(20-11-13)12-5-2-1-3-6-12/h1-3,5-6,9,11,14,18H,4,7-8,10H2/t14-/m0/s1. The average Bonchev–Trinajstić information content (AvgIpc) is 2.97. The molecule has 4 heteroatoms. The zero-order valence-corrected chi connectivity index (χ0v) is 12.0. The van der Waals surface area contributed by atoms with E-state index < -0.39 is 0 Å². The predicted molar refractivity (Wildman–Crippen MR) is 80.9 cm³/mol. The quantitative estimate of drug-likeness (QED) is 0.922. The molecule has 0 bridgehead atoms. The summed E-state index contributed by atoms with van der Waals surface area (Å²) in [4.78, 5) is 15.3. The minimum atomic E-state index is -0.375. The number of thiophene rings is 1. The van der Waals surface area contributed by atoms with E-state index in [-0.39, 0.29) is 12.0 Å². The second kappa shape index (κ2) is 5.77. The molecule has 1 N–H and O–H groups in total. The fourth-order valence-electron chi connectivity index (χ4n) is 2.52. The molecule has 1 fully saturated rings. The SMILES string of the molecule is O=C(c1csc(-c2ccccc2)c1)N1CCC[C@H](O)C1. The Kier molecular flexibility index (Phi) is 3.85. The lowest BCUT2D eigenvalue weighted by Crippen LogP contribution is -2.42. The van der Waals surface area contributed by atoms with Crippen LogP contribution in [0.2, 0.25) is 0 Å². The molecule has 0 spiro atoms. The van der Waals surface area contributed by atoms with Crippen LogP contribution in [0.25, 0.3) is 10.4 Å². The predicted octanol–water partition coefficient (Wildman–Crippen LogP) is 3.01. The van der Waals surface area contributed by atoms with Crippen LogP contribution in [0.15, 0.2) is 41.8 Å². The lowest BCUT2D eigenvalue weighted by Gasteiger charge is -2.29.